The van der Waals surface area contributed by atoms with Crippen LogP contribution in [0.5, 0.6) is 0 Å². The molecular formula is C9H8N2O11S2. The molecule has 2 heterocycles. The lowest BCUT2D eigenvalue weighted by Gasteiger charge is -2.15. The van der Waals surface area contributed by atoms with Crippen molar-refractivity contribution in [2.75, 3.05) is 0 Å². The highest BCUT2D eigenvalue weighted by molar-refractivity contribution is 7.87. The monoisotopic (exact) mass is 384 g/mol. The zero-order valence-electron chi connectivity index (χ0n) is 11.5. The molecule has 0 N–H and O–H groups in total. The molecule has 2 aliphatic rings. The maximum absolute atomic E-state index is 11.6. The van der Waals surface area contributed by atoms with Gasteiger partial charge in [0.15, 0.2) is 0 Å². The van der Waals surface area contributed by atoms with Gasteiger partial charge in [-0.3, -0.25) is 27.5 Å². The van der Waals surface area contributed by atoms with Crippen LogP contribution in [0.4, 0.5) is 4.79 Å². The lowest BCUT2D eigenvalue weighted by Crippen LogP contribution is -2.41. The van der Waals surface area contributed by atoms with Gasteiger partial charge < -0.3 is 0 Å². The molecule has 0 aromatic heterocycles. The predicted molar refractivity (Wildman–Crippen MR) is 67.6 cm³/mol. The number of carbonyl (C=O) groups is 5. The maximum Gasteiger partial charge on any atom is 0.542 e. The Hall–Kier alpha value is -2.55. The minimum absolute atomic E-state index is 0.354. The van der Waals surface area contributed by atoms with E-state index in [1.165, 1.54) is 0 Å². The van der Waals surface area contributed by atoms with Crippen molar-refractivity contribution in [3.63, 3.8) is 0 Å². The predicted octanol–water partition coefficient (Wildman–Crippen LogP) is -2.07. The third kappa shape index (κ3) is 3.21. The first-order valence-corrected chi connectivity index (χ1v) is 8.83. The molecule has 15 heteroatoms. The van der Waals surface area contributed by atoms with Crippen LogP contribution in [0.25, 0.3) is 0 Å². The number of nitrogens with zero attached hydrogens (tertiary/aromatic N) is 2. The Morgan fingerprint density at radius 3 is 1.17 bits per heavy atom. The van der Waals surface area contributed by atoms with Crippen molar-refractivity contribution in [1.82, 2.24) is 8.61 Å². The third-order valence-corrected chi connectivity index (χ3v) is 5.21. The minimum Gasteiger partial charge on any atom is -0.294 e. The minimum atomic E-state index is -5.27. The van der Waals surface area contributed by atoms with Crippen LogP contribution < -0.4 is 0 Å². The van der Waals surface area contributed by atoms with E-state index >= 15 is 0 Å². The second-order valence-corrected chi connectivity index (χ2v) is 7.21. The molecule has 24 heavy (non-hydrogen) atoms. The summed E-state index contributed by atoms with van der Waals surface area (Å²) in [6.07, 6.45) is -4.12. The van der Waals surface area contributed by atoms with E-state index in [0.717, 1.165) is 0 Å². The summed E-state index contributed by atoms with van der Waals surface area (Å²) in [5, 5.41) is 0. The van der Waals surface area contributed by atoms with Crippen LogP contribution in [-0.2, 0) is 48.2 Å². The van der Waals surface area contributed by atoms with E-state index in [0.29, 0.717) is 0 Å². The van der Waals surface area contributed by atoms with Crippen molar-refractivity contribution in [3.8, 4) is 0 Å². The van der Waals surface area contributed by atoms with Gasteiger partial charge in [-0.25, -0.2) is 4.79 Å². The zero-order valence-corrected chi connectivity index (χ0v) is 13.2. The molecule has 0 aromatic rings. The highest BCUT2D eigenvalue weighted by Crippen LogP contribution is 2.20. The van der Waals surface area contributed by atoms with E-state index < -0.39 is 76.1 Å². The Morgan fingerprint density at radius 2 is 0.917 bits per heavy atom. The van der Waals surface area contributed by atoms with Crippen LogP contribution >= 0.6 is 0 Å². The van der Waals surface area contributed by atoms with Gasteiger partial charge >= 0.3 is 26.8 Å². The van der Waals surface area contributed by atoms with Gasteiger partial charge in [0, 0.05) is 25.7 Å². The van der Waals surface area contributed by atoms with Crippen molar-refractivity contribution in [2.24, 2.45) is 0 Å². The summed E-state index contributed by atoms with van der Waals surface area (Å²) in [4.78, 5) is 56.4. The Bertz CT molecular complexity index is 754. The van der Waals surface area contributed by atoms with Crippen molar-refractivity contribution < 1.29 is 49.2 Å². The Labute approximate surface area is 134 Å². The molecule has 0 atom stereocenters. The van der Waals surface area contributed by atoms with Crippen LogP contribution in [0, 0.1) is 0 Å². The number of carbonyl (C=O) groups excluding carboxylic acids is 5. The van der Waals surface area contributed by atoms with Gasteiger partial charge in [0.2, 0.25) is 23.6 Å². The number of imide groups is 2. The first-order valence-electron chi connectivity index (χ1n) is 6.10. The van der Waals surface area contributed by atoms with Crippen molar-refractivity contribution in [1.29, 1.82) is 0 Å². The molecule has 2 aliphatic heterocycles. The quantitative estimate of drug-likeness (QED) is 0.486. The van der Waals surface area contributed by atoms with Gasteiger partial charge in [-0.2, -0.15) is 16.8 Å². The SMILES string of the molecule is O=C(OS(=O)(=O)N1C(=O)CCC1=O)OS(=O)(=O)N1C(=O)CCC1=O. The van der Waals surface area contributed by atoms with Crippen molar-refractivity contribution >= 4 is 50.4 Å². The van der Waals surface area contributed by atoms with Gasteiger partial charge in [-0.05, 0) is 0 Å². The van der Waals surface area contributed by atoms with Crippen molar-refractivity contribution in [2.45, 2.75) is 25.7 Å². The van der Waals surface area contributed by atoms with E-state index in [2.05, 4.69) is 8.37 Å². The Morgan fingerprint density at radius 1 is 0.667 bits per heavy atom. The zero-order chi connectivity index (χ0) is 18.3. The summed E-state index contributed by atoms with van der Waals surface area (Å²) >= 11 is 0. The van der Waals surface area contributed by atoms with Gasteiger partial charge in [-0.15, -0.1) is 8.61 Å². The first kappa shape index (κ1) is 17.8. The molecule has 0 aromatic carbocycles. The molecule has 0 bridgehead atoms. The van der Waals surface area contributed by atoms with Crippen LogP contribution in [-0.4, -0.2) is 55.2 Å². The molecule has 0 aliphatic carbocycles. The first-order chi connectivity index (χ1) is 11.0. The molecule has 13 nitrogen and oxygen atoms in total. The largest absolute Gasteiger partial charge is 0.542 e. The summed E-state index contributed by atoms with van der Waals surface area (Å²) in [5.74, 6) is -4.72. The van der Waals surface area contributed by atoms with E-state index in [9.17, 15) is 40.8 Å². The highest BCUT2D eigenvalue weighted by atomic mass is 32.2. The highest BCUT2D eigenvalue weighted by Gasteiger charge is 2.45. The van der Waals surface area contributed by atoms with Crippen molar-refractivity contribution in [3.05, 3.63) is 0 Å². The Kier molecular flexibility index (Phi) is 4.32. The normalized spacial score (nSPS) is 19.2. The number of hydrogen-bond donors (Lipinski definition) is 0. The molecule has 132 valence electrons. The topological polar surface area (TPSA) is 179 Å². The number of hydrogen-bond acceptors (Lipinski definition) is 11. The fraction of sp³-hybridized carbons (Fsp3) is 0.444. The molecule has 0 saturated carbocycles. The van der Waals surface area contributed by atoms with E-state index in [1.54, 1.807) is 0 Å². The summed E-state index contributed by atoms with van der Waals surface area (Å²) in [6.45, 7) is 0. The smallest absolute Gasteiger partial charge is 0.294 e. The van der Waals surface area contributed by atoms with Gasteiger partial charge in [0.05, 0.1) is 0 Å². The van der Waals surface area contributed by atoms with Crippen LogP contribution in [0.3, 0.4) is 0 Å². The standard InChI is InChI=1S/C9H8N2O11S2/c12-5-1-2-6(13)10(5)23(17,18)21-9(16)22-24(19,20)11-7(14)3-4-8(11)15/h1-4H2. The molecular weight excluding hydrogens is 376 g/mol. The fourth-order valence-electron chi connectivity index (χ4n) is 1.87. The molecule has 0 unspecified atom stereocenters. The fourth-order valence-corrected chi connectivity index (χ4v) is 3.84. The molecule has 2 fully saturated rings. The number of amides is 4. The average Bonchev–Trinajstić information content (AvgIpc) is 2.91. The number of rotatable bonds is 4. The summed E-state index contributed by atoms with van der Waals surface area (Å²) in [5.41, 5.74) is 0. The molecule has 4 amide bonds. The maximum atomic E-state index is 11.6. The van der Waals surface area contributed by atoms with Gasteiger partial charge in [0.25, 0.3) is 0 Å². The summed E-state index contributed by atoms with van der Waals surface area (Å²) in [6, 6.07) is 0. The third-order valence-electron chi connectivity index (χ3n) is 2.81. The van der Waals surface area contributed by atoms with Crippen LogP contribution in [0.2, 0.25) is 0 Å². The van der Waals surface area contributed by atoms with Gasteiger partial charge in [0.1, 0.15) is 0 Å². The second kappa shape index (κ2) is 5.82. The van der Waals surface area contributed by atoms with Crippen LogP contribution in [0.1, 0.15) is 25.7 Å². The lowest BCUT2D eigenvalue weighted by atomic mass is 10.4. The average molecular weight is 384 g/mol. The summed E-state index contributed by atoms with van der Waals surface area (Å²) < 4.78 is 53.2. The van der Waals surface area contributed by atoms with E-state index in [-0.39, 0.29) is 8.61 Å². The van der Waals surface area contributed by atoms with Crippen LogP contribution in [0.15, 0.2) is 0 Å². The second-order valence-electron chi connectivity index (χ2n) is 4.44. The van der Waals surface area contributed by atoms with E-state index in [1.807, 2.05) is 0 Å². The van der Waals surface area contributed by atoms with Gasteiger partial charge in [-0.1, -0.05) is 0 Å². The molecule has 0 spiro atoms. The molecule has 0 radical (unpaired) electrons. The lowest BCUT2D eigenvalue weighted by molar-refractivity contribution is -0.134. The molecule has 2 rings (SSSR count). The molecule has 2 saturated heterocycles. The van der Waals surface area contributed by atoms with E-state index in [4.69, 9.17) is 0 Å². The Balaban J connectivity index is 2.13. The summed E-state index contributed by atoms with van der Waals surface area (Å²) in [7, 11) is -10.5.